The van der Waals surface area contributed by atoms with Crippen molar-refractivity contribution in [3.8, 4) is 0 Å². The molecule has 4 heteroatoms. The summed E-state index contributed by atoms with van der Waals surface area (Å²) in [6.07, 6.45) is 6.72. The van der Waals surface area contributed by atoms with Crippen molar-refractivity contribution >= 4 is 5.70 Å². The van der Waals surface area contributed by atoms with E-state index in [9.17, 15) is 0 Å². The first-order valence-electron chi connectivity index (χ1n) is 6.58. The van der Waals surface area contributed by atoms with E-state index in [1.165, 1.54) is 0 Å². The Morgan fingerprint density at radius 2 is 2.21 bits per heavy atom. The molecule has 0 aliphatic carbocycles. The molecule has 0 bridgehead atoms. The molecule has 1 aliphatic heterocycles. The summed E-state index contributed by atoms with van der Waals surface area (Å²) in [5, 5.41) is 3.45. The van der Waals surface area contributed by atoms with E-state index >= 15 is 0 Å². The number of hydrogen-bond donors (Lipinski definition) is 2. The predicted molar refractivity (Wildman–Crippen MR) is 77.1 cm³/mol. The largest absolute Gasteiger partial charge is 0.494 e. The Labute approximate surface area is 114 Å². The summed E-state index contributed by atoms with van der Waals surface area (Å²) in [5.74, 6) is 0.873. The number of nitrogens with two attached hydrogens (primary N) is 1. The second-order valence-corrected chi connectivity index (χ2v) is 5.16. The van der Waals surface area contributed by atoms with Crippen LogP contribution in [-0.2, 0) is 4.74 Å². The van der Waals surface area contributed by atoms with Gasteiger partial charge in [-0.25, -0.2) is 0 Å². The minimum Gasteiger partial charge on any atom is -0.494 e. The van der Waals surface area contributed by atoms with Gasteiger partial charge in [0.15, 0.2) is 0 Å². The molecule has 0 saturated heterocycles. The zero-order chi connectivity index (χ0) is 13.7. The number of pyridine rings is 1. The molecule has 0 spiro atoms. The van der Waals surface area contributed by atoms with Gasteiger partial charge in [-0.3, -0.25) is 4.98 Å². The molecular weight excluding hydrogens is 238 g/mol. The van der Waals surface area contributed by atoms with Gasteiger partial charge in [-0.1, -0.05) is 6.07 Å². The van der Waals surface area contributed by atoms with Crippen LogP contribution >= 0.6 is 0 Å². The van der Waals surface area contributed by atoms with Crippen LogP contribution < -0.4 is 11.1 Å². The lowest BCUT2D eigenvalue weighted by molar-refractivity contribution is 0.217. The number of aromatic nitrogens is 1. The monoisotopic (exact) mass is 259 g/mol. The lowest BCUT2D eigenvalue weighted by Gasteiger charge is -2.30. The second-order valence-electron chi connectivity index (χ2n) is 5.16. The van der Waals surface area contributed by atoms with Gasteiger partial charge in [0, 0.05) is 12.3 Å². The first kappa shape index (κ1) is 13.6. The predicted octanol–water partition coefficient (Wildman–Crippen LogP) is 2.05. The van der Waals surface area contributed by atoms with Crippen molar-refractivity contribution in [3.05, 3.63) is 48.0 Å². The van der Waals surface area contributed by atoms with E-state index in [1.54, 1.807) is 6.20 Å². The van der Waals surface area contributed by atoms with Gasteiger partial charge in [0.25, 0.3) is 0 Å². The van der Waals surface area contributed by atoms with Crippen molar-refractivity contribution in [1.82, 2.24) is 10.3 Å². The van der Waals surface area contributed by atoms with Crippen molar-refractivity contribution in [1.29, 1.82) is 0 Å². The summed E-state index contributed by atoms with van der Waals surface area (Å²) in [6, 6.07) is 5.87. The van der Waals surface area contributed by atoms with Crippen LogP contribution in [0.15, 0.2) is 42.3 Å². The van der Waals surface area contributed by atoms with Gasteiger partial charge in [0.05, 0.1) is 23.5 Å². The molecule has 0 amide bonds. The van der Waals surface area contributed by atoms with E-state index in [1.807, 2.05) is 24.3 Å². The van der Waals surface area contributed by atoms with Gasteiger partial charge in [-0.05, 0) is 45.0 Å². The highest BCUT2D eigenvalue weighted by atomic mass is 16.5. The van der Waals surface area contributed by atoms with Crippen LogP contribution in [0.4, 0.5) is 0 Å². The van der Waals surface area contributed by atoms with Crippen LogP contribution in [0.5, 0.6) is 0 Å². The third-order valence-corrected chi connectivity index (χ3v) is 2.80. The van der Waals surface area contributed by atoms with Crippen LogP contribution in [0.25, 0.3) is 5.70 Å². The first-order chi connectivity index (χ1) is 9.11. The summed E-state index contributed by atoms with van der Waals surface area (Å²) in [7, 11) is 0. The molecule has 2 heterocycles. The molecule has 2 rings (SSSR count). The minimum atomic E-state index is -0.153. The zero-order valence-electron chi connectivity index (χ0n) is 11.5. The number of nitrogens with zero attached hydrogens (tertiary/aromatic N) is 1. The lowest BCUT2D eigenvalue weighted by atomic mass is 9.99. The fraction of sp³-hybridized carbons (Fsp3) is 0.400. The molecular formula is C15H21N3O. The summed E-state index contributed by atoms with van der Waals surface area (Å²) in [5.41, 5.74) is 7.23. The third-order valence-electron chi connectivity index (χ3n) is 2.80. The lowest BCUT2D eigenvalue weighted by Crippen LogP contribution is -2.38. The molecule has 0 saturated carbocycles. The zero-order valence-corrected chi connectivity index (χ0v) is 11.5. The molecule has 1 aromatic rings. The Balaban J connectivity index is 2.18. The summed E-state index contributed by atoms with van der Waals surface area (Å²) >= 11 is 0. The Morgan fingerprint density at radius 1 is 1.37 bits per heavy atom. The summed E-state index contributed by atoms with van der Waals surface area (Å²) in [4.78, 5) is 4.37. The first-order valence-corrected chi connectivity index (χ1v) is 6.58. The van der Waals surface area contributed by atoms with E-state index in [4.69, 9.17) is 10.5 Å². The van der Waals surface area contributed by atoms with Crippen molar-refractivity contribution in [2.45, 2.75) is 25.8 Å². The maximum absolute atomic E-state index is 5.75. The molecule has 3 N–H and O–H groups in total. The molecule has 0 fully saturated rings. The molecule has 4 nitrogen and oxygen atoms in total. The smallest absolute Gasteiger partial charge is 0.119 e. The highest BCUT2D eigenvalue weighted by Crippen LogP contribution is 2.24. The number of allylic oxidation sites excluding steroid dienone is 1. The average molecular weight is 259 g/mol. The average Bonchev–Trinajstić information content (AvgIpc) is 2.38. The van der Waals surface area contributed by atoms with Gasteiger partial charge < -0.3 is 15.8 Å². The van der Waals surface area contributed by atoms with Crippen molar-refractivity contribution in [2.75, 3.05) is 13.2 Å². The molecule has 1 aromatic heterocycles. The van der Waals surface area contributed by atoms with E-state index in [0.717, 1.165) is 23.6 Å². The van der Waals surface area contributed by atoms with E-state index in [0.29, 0.717) is 13.2 Å². The fourth-order valence-corrected chi connectivity index (χ4v) is 1.98. The Morgan fingerprint density at radius 3 is 2.89 bits per heavy atom. The highest BCUT2D eigenvalue weighted by molar-refractivity contribution is 5.66. The highest BCUT2D eigenvalue weighted by Gasteiger charge is 2.22. The standard InChI is InChI=1S/C15H21N3O/c1-15(2)11-12(19-9-5-7-16)10-14(18-15)13-6-3-4-8-17-13/h3-4,6,8,10-11,18H,5,7,9,16H2,1-2H3. The SMILES string of the molecule is CC1(C)C=C(OCCCN)C=C(c2ccccn2)N1. The molecule has 0 radical (unpaired) electrons. The van der Waals surface area contributed by atoms with Crippen LogP contribution in [0.2, 0.25) is 0 Å². The summed E-state index contributed by atoms with van der Waals surface area (Å²) in [6.45, 7) is 5.50. The van der Waals surface area contributed by atoms with Crippen LogP contribution in [0.1, 0.15) is 26.0 Å². The maximum Gasteiger partial charge on any atom is 0.119 e. The third kappa shape index (κ3) is 3.83. The molecule has 0 aromatic carbocycles. The quantitative estimate of drug-likeness (QED) is 0.795. The Kier molecular flexibility index (Phi) is 4.22. The van der Waals surface area contributed by atoms with Crippen molar-refractivity contribution < 1.29 is 4.74 Å². The number of dihydropyridines is 1. The number of rotatable bonds is 5. The normalized spacial score (nSPS) is 17.2. The van der Waals surface area contributed by atoms with E-state index in [-0.39, 0.29) is 5.54 Å². The van der Waals surface area contributed by atoms with Gasteiger partial charge in [-0.15, -0.1) is 0 Å². The maximum atomic E-state index is 5.75. The topological polar surface area (TPSA) is 60.2 Å². The van der Waals surface area contributed by atoms with Crippen LogP contribution in [0.3, 0.4) is 0 Å². The van der Waals surface area contributed by atoms with Gasteiger partial charge in [0.1, 0.15) is 5.76 Å². The molecule has 1 aliphatic rings. The van der Waals surface area contributed by atoms with Gasteiger partial charge in [-0.2, -0.15) is 0 Å². The Hall–Kier alpha value is -1.81. The summed E-state index contributed by atoms with van der Waals surface area (Å²) < 4.78 is 5.75. The molecule has 0 unspecified atom stereocenters. The Bertz CT molecular complexity index is 477. The van der Waals surface area contributed by atoms with Crippen molar-refractivity contribution in [3.63, 3.8) is 0 Å². The molecule has 19 heavy (non-hydrogen) atoms. The van der Waals surface area contributed by atoms with Gasteiger partial charge in [0.2, 0.25) is 0 Å². The van der Waals surface area contributed by atoms with Crippen LogP contribution in [-0.4, -0.2) is 23.7 Å². The second kappa shape index (κ2) is 5.89. The minimum absolute atomic E-state index is 0.153. The molecule has 102 valence electrons. The fourth-order valence-electron chi connectivity index (χ4n) is 1.98. The van der Waals surface area contributed by atoms with Crippen molar-refractivity contribution in [2.24, 2.45) is 5.73 Å². The molecule has 0 atom stereocenters. The number of nitrogens with one attached hydrogen (secondary N) is 1. The van der Waals surface area contributed by atoms with E-state index < -0.39 is 0 Å². The van der Waals surface area contributed by atoms with E-state index in [2.05, 4.69) is 30.2 Å². The number of ether oxygens (including phenoxy) is 1. The van der Waals surface area contributed by atoms with Crippen LogP contribution in [0, 0.1) is 0 Å². The van der Waals surface area contributed by atoms with Gasteiger partial charge >= 0.3 is 0 Å². The number of hydrogen-bond acceptors (Lipinski definition) is 4.